The molecule has 2 rings (SSSR count). The molecule has 1 aliphatic carbocycles. The molecule has 88 valence electrons. The number of hydrogen-bond donors (Lipinski definition) is 0. The summed E-state index contributed by atoms with van der Waals surface area (Å²) in [5.74, 6) is 1.16. The molecule has 15 heavy (non-hydrogen) atoms. The van der Waals surface area contributed by atoms with E-state index in [2.05, 4.69) is 13.8 Å². The molecule has 0 amide bonds. The van der Waals surface area contributed by atoms with Crippen LogP contribution in [0.1, 0.15) is 39.5 Å². The van der Waals surface area contributed by atoms with Crippen molar-refractivity contribution in [2.24, 2.45) is 11.8 Å². The number of rotatable bonds is 3. The van der Waals surface area contributed by atoms with E-state index < -0.39 is 10.0 Å². The number of hydrogen-bond acceptors (Lipinski definition) is 2. The zero-order chi connectivity index (χ0) is 11.1. The molecule has 2 fully saturated rings. The van der Waals surface area contributed by atoms with Crippen molar-refractivity contribution in [1.82, 2.24) is 4.31 Å². The van der Waals surface area contributed by atoms with Crippen molar-refractivity contribution in [3.8, 4) is 0 Å². The Kier molecular flexibility index (Phi) is 3.08. The SMILES string of the molecule is CC(C)[C@@H]1CCCN(S(=O)(=O)C2CC2)C1. The van der Waals surface area contributed by atoms with E-state index in [1.54, 1.807) is 4.31 Å². The topological polar surface area (TPSA) is 37.4 Å². The van der Waals surface area contributed by atoms with Gasteiger partial charge < -0.3 is 0 Å². The predicted octanol–water partition coefficient (Wildman–Crippen LogP) is 1.85. The third-order valence-electron chi connectivity index (χ3n) is 3.67. The fourth-order valence-corrected chi connectivity index (χ4v) is 4.26. The average Bonchev–Trinajstić information content (AvgIpc) is 3.01. The Morgan fingerprint density at radius 1 is 1.20 bits per heavy atom. The molecule has 1 aliphatic heterocycles. The summed E-state index contributed by atoms with van der Waals surface area (Å²) < 4.78 is 25.8. The van der Waals surface area contributed by atoms with E-state index in [1.165, 1.54) is 6.42 Å². The minimum absolute atomic E-state index is 0.0385. The summed E-state index contributed by atoms with van der Waals surface area (Å²) in [5.41, 5.74) is 0. The molecule has 2 aliphatic rings. The highest BCUT2D eigenvalue weighted by Gasteiger charge is 2.41. The minimum atomic E-state index is -2.92. The molecule has 1 saturated heterocycles. The predicted molar refractivity (Wildman–Crippen MR) is 61.1 cm³/mol. The van der Waals surface area contributed by atoms with Gasteiger partial charge in [0.2, 0.25) is 10.0 Å². The first-order valence-corrected chi connectivity index (χ1v) is 7.51. The summed E-state index contributed by atoms with van der Waals surface area (Å²) in [7, 11) is -2.92. The molecule has 0 aromatic heterocycles. The fraction of sp³-hybridized carbons (Fsp3) is 1.00. The minimum Gasteiger partial charge on any atom is -0.212 e. The summed E-state index contributed by atoms with van der Waals surface area (Å²) in [6.07, 6.45) is 3.99. The van der Waals surface area contributed by atoms with Gasteiger partial charge in [0.05, 0.1) is 5.25 Å². The van der Waals surface area contributed by atoms with Crippen LogP contribution in [0.2, 0.25) is 0 Å². The van der Waals surface area contributed by atoms with Crippen molar-refractivity contribution in [2.45, 2.75) is 44.8 Å². The molecular weight excluding hydrogens is 210 g/mol. The van der Waals surface area contributed by atoms with Crippen molar-refractivity contribution >= 4 is 10.0 Å². The van der Waals surface area contributed by atoms with Crippen molar-refractivity contribution in [1.29, 1.82) is 0 Å². The van der Waals surface area contributed by atoms with E-state index in [-0.39, 0.29) is 5.25 Å². The van der Waals surface area contributed by atoms with Crippen molar-refractivity contribution < 1.29 is 8.42 Å². The maximum atomic E-state index is 12.0. The van der Waals surface area contributed by atoms with Gasteiger partial charge in [0.1, 0.15) is 0 Å². The molecule has 1 heterocycles. The van der Waals surface area contributed by atoms with Crippen LogP contribution in [0.15, 0.2) is 0 Å². The van der Waals surface area contributed by atoms with Crippen LogP contribution in [-0.2, 0) is 10.0 Å². The molecule has 1 saturated carbocycles. The van der Waals surface area contributed by atoms with Crippen LogP contribution in [0.5, 0.6) is 0 Å². The number of nitrogens with zero attached hydrogens (tertiary/aromatic N) is 1. The highest BCUT2D eigenvalue weighted by atomic mass is 32.2. The second-order valence-corrected chi connectivity index (χ2v) is 7.46. The van der Waals surface area contributed by atoms with Crippen LogP contribution < -0.4 is 0 Å². The van der Waals surface area contributed by atoms with Gasteiger partial charge in [0.25, 0.3) is 0 Å². The molecule has 0 N–H and O–H groups in total. The van der Waals surface area contributed by atoms with Gasteiger partial charge in [-0.2, -0.15) is 0 Å². The first-order chi connectivity index (χ1) is 7.01. The Balaban J connectivity index is 2.03. The van der Waals surface area contributed by atoms with E-state index in [9.17, 15) is 8.42 Å². The zero-order valence-corrected chi connectivity index (χ0v) is 10.5. The van der Waals surface area contributed by atoms with Crippen LogP contribution in [0.25, 0.3) is 0 Å². The van der Waals surface area contributed by atoms with E-state index in [0.29, 0.717) is 11.8 Å². The van der Waals surface area contributed by atoms with Gasteiger partial charge in [0.15, 0.2) is 0 Å². The summed E-state index contributed by atoms with van der Waals surface area (Å²) in [5, 5.41) is -0.0385. The van der Waals surface area contributed by atoms with Gasteiger partial charge >= 0.3 is 0 Å². The standard InChI is InChI=1S/C11H21NO2S/c1-9(2)10-4-3-7-12(8-10)15(13,14)11-5-6-11/h9-11H,3-8H2,1-2H3/t10-/m1/s1. The normalized spacial score (nSPS) is 29.7. The third kappa shape index (κ3) is 2.36. The highest BCUT2D eigenvalue weighted by Crippen LogP contribution is 2.34. The number of piperidine rings is 1. The highest BCUT2D eigenvalue weighted by molar-refractivity contribution is 7.90. The molecule has 0 aromatic carbocycles. The van der Waals surface area contributed by atoms with E-state index in [0.717, 1.165) is 32.4 Å². The van der Waals surface area contributed by atoms with E-state index in [1.807, 2.05) is 0 Å². The lowest BCUT2D eigenvalue weighted by Crippen LogP contribution is -2.42. The molecule has 0 spiro atoms. The summed E-state index contributed by atoms with van der Waals surface area (Å²) in [6.45, 7) is 5.90. The van der Waals surface area contributed by atoms with Gasteiger partial charge in [-0.1, -0.05) is 13.8 Å². The lowest BCUT2D eigenvalue weighted by molar-refractivity contribution is 0.218. The van der Waals surface area contributed by atoms with Gasteiger partial charge in [-0.15, -0.1) is 0 Å². The maximum Gasteiger partial charge on any atom is 0.216 e. The lowest BCUT2D eigenvalue weighted by Gasteiger charge is -2.34. The number of sulfonamides is 1. The molecule has 3 nitrogen and oxygen atoms in total. The lowest BCUT2D eigenvalue weighted by atomic mass is 9.89. The van der Waals surface area contributed by atoms with Crippen molar-refractivity contribution in [3.63, 3.8) is 0 Å². The van der Waals surface area contributed by atoms with Crippen molar-refractivity contribution in [3.05, 3.63) is 0 Å². The third-order valence-corrected chi connectivity index (χ3v) is 6.03. The molecular formula is C11H21NO2S. The van der Waals surface area contributed by atoms with Crippen LogP contribution >= 0.6 is 0 Å². The molecule has 0 unspecified atom stereocenters. The summed E-state index contributed by atoms with van der Waals surface area (Å²) >= 11 is 0. The first-order valence-electron chi connectivity index (χ1n) is 6.01. The second-order valence-electron chi connectivity index (χ2n) is 5.25. The average molecular weight is 231 g/mol. The van der Waals surface area contributed by atoms with Crippen molar-refractivity contribution in [2.75, 3.05) is 13.1 Å². The maximum absolute atomic E-state index is 12.0. The van der Waals surface area contributed by atoms with Gasteiger partial charge in [-0.25, -0.2) is 12.7 Å². The monoisotopic (exact) mass is 231 g/mol. The summed E-state index contributed by atoms with van der Waals surface area (Å²) in [4.78, 5) is 0. The Bertz CT molecular complexity index is 319. The smallest absolute Gasteiger partial charge is 0.212 e. The molecule has 0 aromatic rings. The van der Waals surface area contributed by atoms with E-state index in [4.69, 9.17) is 0 Å². The Labute approximate surface area is 92.9 Å². The van der Waals surface area contributed by atoms with Crippen LogP contribution in [0.4, 0.5) is 0 Å². The Hall–Kier alpha value is -0.0900. The fourth-order valence-electron chi connectivity index (χ4n) is 2.33. The van der Waals surface area contributed by atoms with E-state index >= 15 is 0 Å². The Morgan fingerprint density at radius 3 is 2.40 bits per heavy atom. The zero-order valence-electron chi connectivity index (χ0n) is 9.65. The first kappa shape index (κ1) is 11.4. The van der Waals surface area contributed by atoms with Gasteiger partial charge in [-0.05, 0) is 37.5 Å². The second kappa shape index (κ2) is 4.06. The molecule has 0 radical (unpaired) electrons. The quantitative estimate of drug-likeness (QED) is 0.743. The molecule has 1 atom stereocenters. The van der Waals surface area contributed by atoms with Gasteiger partial charge in [0, 0.05) is 13.1 Å². The van der Waals surface area contributed by atoms with Crippen LogP contribution in [-0.4, -0.2) is 31.1 Å². The summed E-state index contributed by atoms with van der Waals surface area (Å²) in [6, 6.07) is 0. The molecule has 0 bridgehead atoms. The van der Waals surface area contributed by atoms with Crippen LogP contribution in [0.3, 0.4) is 0 Å². The Morgan fingerprint density at radius 2 is 1.87 bits per heavy atom. The van der Waals surface area contributed by atoms with Crippen LogP contribution in [0, 0.1) is 11.8 Å². The van der Waals surface area contributed by atoms with Gasteiger partial charge in [-0.3, -0.25) is 0 Å². The molecule has 4 heteroatoms. The largest absolute Gasteiger partial charge is 0.216 e.